The van der Waals surface area contributed by atoms with E-state index < -0.39 is 10.0 Å². The third-order valence-electron chi connectivity index (χ3n) is 3.72. The van der Waals surface area contributed by atoms with Crippen molar-refractivity contribution in [1.29, 1.82) is 0 Å². The average molecular weight is 289 g/mol. The van der Waals surface area contributed by atoms with Crippen LogP contribution in [0.1, 0.15) is 32.1 Å². The Morgan fingerprint density at radius 3 is 2.68 bits per heavy atom. The molecule has 0 radical (unpaired) electrons. The van der Waals surface area contributed by atoms with Crippen LogP contribution in [0, 0.1) is 0 Å². The maximum atomic E-state index is 12.4. The fourth-order valence-corrected chi connectivity index (χ4v) is 3.66. The number of rotatable bonds is 3. The molecule has 1 amide bonds. The number of carbonyl (C=O) groups is 1. The number of carbonyl (C=O) groups excluding carboxylic acids is 1. The zero-order chi connectivity index (χ0) is 13.9. The number of nitrogens with one attached hydrogen (secondary N) is 2. The second kappa shape index (κ2) is 6.19. The van der Waals surface area contributed by atoms with Gasteiger partial charge in [0.05, 0.1) is 12.3 Å². The molecule has 7 heteroatoms. The summed E-state index contributed by atoms with van der Waals surface area (Å²) < 4.78 is 25.1. The molecule has 2 heterocycles. The van der Waals surface area contributed by atoms with Gasteiger partial charge in [0.15, 0.2) is 0 Å². The van der Waals surface area contributed by atoms with Crippen LogP contribution in [0.3, 0.4) is 0 Å². The predicted octanol–water partition coefficient (Wildman–Crippen LogP) is -0.331. The van der Waals surface area contributed by atoms with E-state index in [0.717, 1.165) is 51.4 Å². The fourth-order valence-electron chi connectivity index (χ4n) is 2.86. The maximum Gasteiger partial charge on any atom is 0.239 e. The van der Waals surface area contributed by atoms with Crippen LogP contribution in [0.2, 0.25) is 0 Å². The van der Waals surface area contributed by atoms with E-state index in [0.29, 0.717) is 6.54 Å². The van der Waals surface area contributed by atoms with Crippen molar-refractivity contribution in [2.75, 3.05) is 25.9 Å². The van der Waals surface area contributed by atoms with Gasteiger partial charge >= 0.3 is 0 Å². The van der Waals surface area contributed by atoms with E-state index in [2.05, 4.69) is 10.0 Å². The zero-order valence-electron chi connectivity index (χ0n) is 11.4. The quantitative estimate of drug-likeness (QED) is 0.745. The van der Waals surface area contributed by atoms with Gasteiger partial charge in [0, 0.05) is 19.1 Å². The highest BCUT2D eigenvalue weighted by atomic mass is 32.2. The summed E-state index contributed by atoms with van der Waals surface area (Å²) >= 11 is 0. The maximum absolute atomic E-state index is 12.4. The first-order valence-electron chi connectivity index (χ1n) is 6.95. The van der Waals surface area contributed by atoms with Crippen LogP contribution in [-0.2, 0) is 14.8 Å². The van der Waals surface area contributed by atoms with E-state index in [9.17, 15) is 13.2 Å². The highest BCUT2D eigenvalue weighted by molar-refractivity contribution is 7.88. The van der Waals surface area contributed by atoms with Crippen molar-refractivity contribution < 1.29 is 13.2 Å². The monoisotopic (exact) mass is 289 g/mol. The molecule has 110 valence electrons. The highest BCUT2D eigenvalue weighted by Gasteiger charge is 2.30. The Morgan fingerprint density at radius 2 is 2.05 bits per heavy atom. The van der Waals surface area contributed by atoms with E-state index >= 15 is 0 Å². The zero-order valence-corrected chi connectivity index (χ0v) is 12.2. The average Bonchev–Trinajstić information content (AvgIpc) is 2.37. The summed E-state index contributed by atoms with van der Waals surface area (Å²) in [4.78, 5) is 14.2. The Kier molecular flexibility index (Phi) is 4.81. The minimum Gasteiger partial charge on any atom is -0.340 e. The number of amides is 1. The van der Waals surface area contributed by atoms with Gasteiger partial charge in [0.1, 0.15) is 0 Å². The molecule has 0 bridgehead atoms. The number of sulfonamides is 1. The first-order valence-corrected chi connectivity index (χ1v) is 8.84. The van der Waals surface area contributed by atoms with Crippen LogP contribution in [0.5, 0.6) is 0 Å². The summed E-state index contributed by atoms with van der Waals surface area (Å²) in [6.45, 7) is 2.12. The van der Waals surface area contributed by atoms with Gasteiger partial charge < -0.3 is 10.2 Å². The Balaban J connectivity index is 1.91. The van der Waals surface area contributed by atoms with E-state index in [1.165, 1.54) is 0 Å². The lowest BCUT2D eigenvalue weighted by Crippen LogP contribution is -2.55. The van der Waals surface area contributed by atoms with Gasteiger partial charge in [-0.15, -0.1) is 0 Å². The number of piperidine rings is 2. The van der Waals surface area contributed by atoms with E-state index in [4.69, 9.17) is 0 Å². The molecule has 0 saturated carbocycles. The van der Waals surface area contributed by atoms with Crippen molar-refractivity contribution in [1.82, 2.24) is 14.9 Å². The Hall–Kier alpha value is -0.660. The summed E-state index contributed by atoms with van der Waals surface area (Å²) in [6, 6.07) is -0.220. The molecule has 2 N–H and O–H groups in total. The van der Waals surface area contributed by atoms with E-state index in [-0.39, 0.29) is 18.0 Å². The van der Waals surface area contributed by atoms with Gasteiger partial charge in [-0.3, -0.25) is 4.79 Å². The smallest absolute Gasteiger partial charge is 0.239 e. The van der Waals surface area contributed by atoms with Crippen molar-refractivity contribution >= 4 is 15.9 Å². The molecule has 0 aromatic rings. The fraction of sp³-hybridized carbons (Fsp3) is 0.917. The Labute approximate surface area is 115 Å². The molecule has 0 aromatic carbocycles. The van der Waals surface area contributed by atoms with Crippen LogP contribution in [-0.4, -0.2) is 57.2 Å². The normalized spacial score (nSPS) is 29.2. The Morgan fingerprint density at radius 1 is 1.26 bits per heavy atom. The third kappa shape index (κ3) is 4.43. The molecule has 2 atom stereocenters. The van der Waals surface area contributed by atoms with Crippen LogP contribution in [0.25, 0.3) is 0 Å². The Bertz CT molecular complexity index is 418. The molecule has 6 nitrogen and oxygen atoms in total. The van der Waals surface area contributed by atoms with Crippen molar-refractivity contribution in [2.45, 2.75) is 44.2 Å². The SMILES string of the molecule is CS(=O)(=O)NC1CCCN(C(=O)C2CCCCN2)C1. The summed E-state index contributed by atoms with van der Waals surface area (Å²) in [6.07, 6.45) is 5.92. The minimum atomic E-state index is -3.20. The third-order valence-corrected chi connectivity index (χ3v) is 4.48. The van der Waals surface area contributed by atoms with Crippen LogP contribution >= 0.6 is 0 Å². The van der Waals surface area contributed by atoms with Crippen LogP contribution in [0.15, 0.2) is 0 Å². The van der Waals surface area contributed by atoms with Gasteiger partial charge in [-0.1, -0.05) is 6.42 Å². The number of likely N-dealkylation sites (tertiary alicyclic amines) is 1. The number of hydrogen-bond acceptors (Lipinski definition) is 4. The largest absolute Gasteiger partial charge is 0.340 e. The summed E-state index contributed by atoms with van der Waals surface area (Å²) in [5, 5.41) is 3.25. The molecular weight excluding hydrogens is 266 g/mol. The lowest BCUT2D eigenvalue weighted by atomic mass is 10.0. The molecule has 2 saturated heterocycles. The molecule has 2 fully saturated rings. The standard InChI is InChI=1S/C12H23N3O3S/c1-19(17,18)14-10-5-4-8-15(9-10)12(16)11-6-2-3-7-13-11/h10-11,13-14H,2-9H2,1H3. The lowest BCUT2D eigenvalue weighted by Gasteiger charge is -2.36. The predicted molar refractivity (Wildman–Crippen MR) is 73.2 cm³/mol. The molecule has 2 unspecified atom stereocenters. The van der Waals surface area contributed by atoms with Crippen LogP contribution < -0.4 is 10.0 Å². The van der Waals surface area contributed by atoms with E-state index in [1.54, 1.807) is 4.90 Å². The summed E-state index contributed by atoms with van der Waals surface area (Å²) in [5.41, 5.74) is 0. The molecule has 2 aliphatic heterocycles. The van der Waals surface area contributed by atoms with Gasteiger partial charge in [-0.2, -0.15) is 0 Å². The van der Waals surface area contributed by atoms with Crippen molar-refractivity contribution in [2.24, 2.45) is 0 Å². The van der Waals surface area contributed by atoms with Crippen LogP contribution in [0.4, 0.5) is 0 Å². The number of hydrogen-bond donors (Lipinski definition) is 2. The molecule has 0 aliphatic carbocycles. The molecule has 0 spiro atoms. The second-order valence-corrected chi connectivity index (χ2v) is 7.30. The van der Waals surface area contributed by atoms with Gasteiger partial charge in [-0.05, 0) is 32.2 Å². The van der Waals surface area contributed by atoms with Gasteiger partial charge in [0.25, 0.3) is 0 Å². The second-order valence-electron chi connectivity index (χ2n) is 5.52. The molecule has 2 rings (SSSR count). The number of nitrogens with zero attached hydrogens (tertiary/aromatic N) is 1. The van der Waals surface area contributed by atoms with Gasteiger partial charge in [0.2, 0.25) is 15.9 Å². The first kappa shape index (κ1) is 14.7. The minimum absolute atomic E-state index is 0.0780. The summed E-state index contributed by atoms with van der Waals surface area (Å²) in [5.74, 6) is 0.125. The molecular formula is C12H23N3O3S. The first-order chi connectivity index (χ1) is 8.96. The van der Waals surface area contributed by atoms with Crippen molar-refractivity contribution in [3.8, 4) is 0 Å². The summed E-state index contributed by atoms with van der Waals surface area (Å²) in [7, 11) is -3.20. The molecule has 0 aromatic heterocycles. The lowest BCUT2D eigenvalue weighted by molar-refractivity contribution is -0.135. The van der Waals surface area contributed by atoms with Gasteiger partial charge in [-0.25, -0.2) is 13.1 Å². The molecule has 19 heavy (non-hydrogen) atoms. The topological polar surface area (TPSA) is 78.5 Å². The van der Waals surface area contributed by atoms with Crippen molar-refractivity contribution in [3.05, 3.63) is 0 Å². The molecule has 2 aliphatic rings. The van der Waals surface area contributed by atoms with Crippen molar-refractivity contribution in [3.63, 3.8) is 0 Å². The highest BCUT2D eigenvalue weighted by Crippen LogP contribution is 2.15. The van der Waals surface area contributed by atoms with E-state index in [1.807, 2.05) is 0 Å².